The van der Waals surface area contributed by atoms with Crippen LogP contribution in [0.5, 0.6) is 0 Å². The number of rotatable bonds is 4. The number of halogens is 1. The zero-order chi connectivity index (χ0) is 9.56. The lowest BCUT2D eigenvalue weighted by molar-refractivity contribution is -0.104. The second-order valence-electron chi connectivity index (χ2n) is 2.42. The van der Waals surface area contributed by atoms with Gasteiger partial charge in [-0.05, 0) is 13.3 Å². The van der Waals surface area contributed by atoms with Gasteiger partial charge >= 0.3 is 0 Å². The van der Waals surface area contributed by atoms with Crippen LogP contribution in [-0.4, -0.2) is 6.29 Å². The van der Waals surface area contributed by atoms with E-state index in [1.807, 2.05) is 13.8 Å². The molecule has 0 heterocycles. The van der Waals surface area contributed by atoms with Gasteiger partial charge in [0.25, 0.3) is 0 Å². The van der Waals surface area contributed by atoms with Crippen molar-refractivity contribution in [1.29, 1.82) is 0 Å². The monoisotopic (exact) mass is 184 g/mol. The molecule has 0 aliphatic rings. The summed E-state index contributed by atoms with van der Waals surface area (Å²) in [5.41, 5.74) is 1.50. The van der Waals surface area contributed by atoms with Gasteiger partial charge in [0.15, 0.2) is 6.29 Å². The maximum Gasteiger partial charge on any atom is 0.151 e. The average Bonchev–Trinajstić information content (AvgIpc) is 2.11. The summed E-state index contributed by atoms with van der Waals surface area (Å²) in [5.74, 6) is 0. The first kappa shape index (κ1) is 11.2. The standard InChI is InChI=1S/C10H13ClO/c1-4-6-9(7-12)10(11)8(3)5-2/h4,6-7H,1,5H2,2-3H3/b9-6-,10-8+. The van der Waals surface area contributed by atoms with Crippen LogP contribution in [0.25, 0.3) is 0 Å². The number of carbonyl (C=O) groups is 1. The summed E-state index contributed by atoms with van der Waals surface area (Å²) in [4.78, 5) is 10.5. The van der Waals surface area contributed by atoms with Crippen molar-refractivity contribution in [3.8, 4) is 0 Å². The molecule has 0 amide bonds. The van der Waals surface area contributed by atoms with E-state index in [0.29, 0.717) is 10.6 Å². The average molecular weight is 185 g/mol. The summed E-state index contributed by atoms with van der Waals surface area (Å²) in [6, 6.07) is 0. The molecule has 66 valence electrons. The third-order valence-corrected chi connectivity index (χ3v) is 2.12. The van der Waals surface area contributed by atoms with Crippen molar-refractivity contribution in [3.05, 3.63) is 34.9 Å². The molecular weight excluding hydrogens is 172 g/mol. The van der Waals surface area contributed by atoms with Crippen molar-refractivity contribution in [2.45, 2.75) is 20.3 Å². The molecule has 0 radical (unpaired) electrons. The smallest absolute Gasteiger partial charge is 0.151 e. The van der Waals surface area contributed by atoms with Crippen molar-refractivity contribution in [3.63, 3.8) is 0 Å². The van der Waals surface area contributed by atoms with Crippen molar-refractivity contribution >= 4 is 17.9 Å². The Morgan fingerprint density at radius 3 is 2.50 bits per heavy atom. The van der Waals surface area contributed by atoms with Gasteiger partial charge in [0.2, 0.25) is 0 Å². The highest BCUT2D eigenvalue weighted by molar-refractivity contribution is 6.34. The van der Waals surface area contributed by atoms with Crippen molar-refractivity contribution < 1.29 is 4.79 Å². The third-order valence-electron chi connectivity index (χ3n) is 1.58. The van der Waals surface area contributed by atoms with Gasteiger partial charge < -0.3 is 0 Å². The fourth-order valence-corrected chi connectivity index (χ4v) is 0.934. The lowest BCUT2D eigenvalue weighted by Gasteiger charge is -2.01. The zero-order valence-electron chi connectivity index (χ0n) is 7.43. The molecule has 12 heavy (non-hydrogen) atoms. The maximum absolute atomic E-state index is 10.5. The highest BCUT2D eigenvalue weighted by Crippen LogP contribution is 2.19. The summed E-state index contributed by atoms with van der Waals surface area (Å²) in [6.07, 6.45) is 4.74. The molecule has 0 spiro atoms. The molecule has 0 atom stereocenters. The van der Waals surface area contributed by atoms with Crippen LogP contribution in [0.4, 0.5) is 0 Å². The Kier molecular flexibility index (Phi) is 5.39. The van der Waals surface area contributed by atoms with Gasteiger partial charge in [0.05, 0.1) is 0 Å². The minimum Gasteiger partial charge on any atom is -0.298 e. The quantitative estimate of drug-likeness (QED) is 0.373. The van der Waals surface area contributed by atoms with Crippen LogP contribution >= 0.6 is 11.6 Å². The van der Waals surface area contributed by atoms with E-state index in [0.717, 1.165) is 18.3 Å². The molecule has 0 unspecified atom stereocenters. The van der Waals surface area contributed by atoms with Crippen LogP contribution in [0.15, 0.2) is 34.9 Å². The van der Waals surface area contributed by atoms with Crippen LogP contribution in [-0.2, 0) is 4.79 Å². The van der Waals surface area contributed by atoms with E-state index in [9.17, 15) is 4.79 Å². The van der Waals surface area contributed by atoms with E-state index < -0.39 is 0 Å². The van der Waals surface area contributed by atoms with Crippen LogP contribution in [0.3, 0.4) is 0 Å². The fraction of sp³-hybridized carbons (Fsp3) is 0.300. The van der Waals surface area contributed by atoms with Gasteiger partial charge in [-0.15, -0.1) is 0 Å². The van der Waals surface area contributed by atoms with E-state index in [-0.39, 0.29) is 0 Å². The number of hydrogen-bond donors (Lipinski definition) is 0. The lowest BCUT2D eigenvalue weighted by Crippen LogP contribution is -1.88. The first-order valence-corrected chi connectivity index (χ1v) is 4.18. The Hall–Kier alpha value is -0.820. The minimum absolute atomic E-state index is 0.492. The van der Waals surface area contributed by atoms with Gasteiger partial charge in [-0.2, -0.15) is 0 Å². The first-order valence-electron chi connectivity index (χ1n) is 3.80. The summed E-state index contributed by atoms with van der Waals surface area (Å²) < 4.78 is 0. The second kappa shape index (κ2) is 5.78. The summed E-state index contributed by atoms with van der Waals surface area (Å²) in [7, 11) is 0. The number of carbonyl (C=O) groups excluding carboxylic acids is 1. The number of hydrogen-bond acceptors (Lipinski definition) is 1. The molecular formula is C10H13ClO. The normalized spacial score (nSPS) is 13.8. The molecule has 0 bridgehead atoms. The Morgan fingerprint density at radius 2 is 2.17 bits per heavy atom. The van der Waals surface area contributed by atoms with E-state index in [2.05, 4.69) is 6.58 Å². The Bertz CT molecular complexity index is 236. The van der Waals surface area contributed by atoms with Crippen LogP contribution in [0.1, 0.15) is 20.3 Å². The second-order valence-corrected chi connectivity index (χ2v) is 2.80. The van der Waals surface area contributed by atoms with Gasteiger partial charge in [-0.3, -0.25) is 4.79 Å². The van der Waals surface area contributed by atoms with E-state index >= 15 is 0 Å². The summed E-state index contributed by atoms with van der Waals surface area (Å²) in [5, 5.41) is 0.535. The fourth-order valence-electron chi connectivity index (χ4n) is 0.693. The van der Waals surface area contributed by atoms with E-state index in [4.69, 9.17) is 11.6 Å². The topological polar surface area (TPSA) is 17.1 Å². The number of aldehydes is 1. The SMILES string of the molecule is C=C/C=C(C=O)\C(Cl)=C(\C)CC. The molecule has 0 aromatic rings. The Labute approximate surface area is 78.4 Å². The molecule has 0 aromatic heterocycles. The van der Waals surface area contributed by atoms with Crippen LogP contribution < -0.4 is 0 Å². The highest BCUT2D eigenvalue weighted by Gasteiger charge is 2.02. The molecule has 0 aliphatic heterocycles. The highest BCUT2D eigenvalue weighted by atomic mass is 35.5. The van der Waals surface area contributed by atoms with Gasteiger partial charge in [0.1, 0.15) is 0 Å². The molecule has 0 aliphatic carbocycles. The predicted octanol–water partition coefficient (Wildman–Crippen LogP) is 3.22. The van der Waals surface area contributed by atoms with Crippen molar-refractivity contribution in [1.82, 2.24) is 0 Å². The maximum atomic E-state index is 10.5. The molecule has 0 fully saturated rings. The third kappa shape index (κ3) is 3.05. The van der Waals surface area contributed by atoms with Crippen LogP contribution in [0.2, 0.25) is 0 Å². The van der Waals surface area contributed by atoms with Gasteiger partial charge in [-0.1, -0.05) is 42.8 Å². The molecule has 0 saturated carbocycles. The van der Waals surface area contributed by atoms with Crippen LogP contribution in [0, 0.1) is 0 Å². The molecule has 2 heteroatoms. The zero-order valence-corrected chi connectivity index (χ0v) is 8.19. The molecule has 0 saturated heterocycles. The van der Waals surface area contributed by atoms with Gasteiger partial charge in [0, 0.05) is 10.6 Å². The molecule has 0 N–H and O–H groups in total. The van der Waals surface area contributed by atoms with Gasteiger partial charge in [-0.25, -0.2) is 0 Å². The van der Waals surface area contributed by atoms with Crippen molar-refractivity contribution in [2.75, 3.05) is 0 Å². The molecule has 0 rings (SSSR count). The van der Waals surface area contributed by atoms with E-state index in [1.54, 1.807) is 12.2 Å². The lowest BCUT2D eigenvalue weighted by atomic mass is 10.1. The number of allylic oxidation sites excluding steroid dienone is 5. The largest absolute Gasteiger partial charge is 0.298 e. The van der Waals surface area contributed by atoms with E-state index in [1.165, 1.54) is 0 Å². The minimum atomic E-state index is 0.492. The summed E-state index contributed by atoms with van der Waals surface area (Å²) >= 11 is 5.91. The Morgan fingerprint density at radius 1 is 1.58 bits per heavy atom. The Balaban J connectivity index is 4.86. The van der Waals surface area contributed by atoms with Crippen molar-refractivity contribution in [2.24, 2.45) is 0 Å². The molecule has 0 aromatic carbocycles. The summed E-state index contributed by atoms with van der Waals surface area (Å²) in [6.45, 7) is 7.40. The predicted molar refractivity (Wildman–Crippen MR) is 53.2 cm³/mol. The first-order chi connectivity index (χ1) is 5.67. The molecule has 1 nitrogen and oxygen atoms in total.